The van der Waals surface area contributed by atoms with Gasteiger partial charge >= 0.3 is 5.97 Å². The minimum atomic E-state index is -0.896. The number of esters is 1. The molecule has 154 valence electrons. The average Bonchev–Trinajstić information content (AvgIpc) is 2.75. The van der Waals surface area contributed by atoms with Crippen molar-refractivity contribution in [2.45, 2.75) is 13.0 Å². The lowest BCUT2D eigenvalue weighted by atomic mass is 10.1. The minimum Gasteiger partial charge on any atom is -0.479 e. The van der Waals surface area contributed by atoms with E-state index in [-0.39, 0.29) is 5.78 Å². The molecule has 0 aliphatic heterocycles. The van der Waals surface area contributed by atoms with Crippen molar-refractivity contribution in [1.82, 2.24) is 0 Å². The molecule has 1 atom stereocenters. The maximum atomic E-state index is 12.1. The molecule has 0 saturated carbocycles. The Hall–Kier alpha value is -3.02. The fourth-order valence-electron chi connectivity index (χ4n) is 2.50. The zero-order valence-electron chi connectivity index (χ0n) is 16.0. The van der Waals surface area contributed by atoms with Crippen LogP contribution in [0.2, 0.25) is 10.0 Å². The molecule has 3 rings (SSSR count). The number of Topliss-reactive ketones (excluding diaryl/α,β-unsaturated/α-hetero) is 1. The predicted molar refractivity (Wildman–Crippen MR) is 115 cm³/mol. The first-order valence-electron chi connectivity index (χ1n) is 9.07. The van der Waals surface area contributed by atoms with Gasteiger partial charge in [0.25, 0.3) is 0 Å². The van der Waals surface area contributed by atoms with Crippen LogP contribution in [0.1, 0.15) is 17.3 Å². The summed E-state index contributed by atoms with van der Waals surface area (Å²) >= 11 is 11.8. The van der Waals surface area contributed by atoms with Gasteiger partial charge in [0, 0.05) is 10.6 Å². The zero-order chi connectivity index (χ0) is 21.5. The summed E-state index contributed by atoms with van der Waals surface area (Å²) in [6, 6.07) is 20.3. The number of hydrogen-bond acceptors (Lipinski definition) is 5. The Bertz CT molecular complexity index is 1020. The van der Waals surface area contributed by atoms with Crippen LogP contribution < -0.4 is 9.47 Å². The Balaban J connectivity index is 1.50. The molecule has 0 heterocycles. The zero-order valence-corrected chi connectivity index (χ0v) is 17.5. The van der Waals surface area contributed by atoms with Gasteiger partial charge in [-0.25, -0.2) is 4.79 Å². The highest BCUT2D eigenvalue weighted by Gasteiger charge is 2.19. The van der Waals surface area contributed by atoms with Gasteiger partial charge in [-0.3, -0.25) is 4.79 Å². The molecule has 0 unspecified atom stereocenters. The van der Waals surface area contributed by atoms with Crippen LogP contribution in [-0.2, 0) is 9.53 Å². The number of carbonyl (C=O) groups excluding carboxylic acids is 2. The molecule has 5 nitrogen and oxygen atoms in total. The Morgan fingerprint density at radius 3 is 2.03 bits per heavy atom. The molecule has 0 fully saturated rings. The highest BCUT2D eigenvalue weighted by Crippen LogP contribution is 2.25. The van der Waals surface area contributed by atoms with E-state index < -0.39 is 18.7 Å². The molecular formula is C23H18Cl2O5. The Morgan fingerprint density at radius 2 is 1.40 bits per heavy atom. The summed E-state index contributed by atoms with van der Waals surface area (Å²) < 4.78 is 16.3. The molecule has 0 amide bonds. The van der Waals surface area contributed by atoms with Crippen molar-refractivity contribution >= 4 is 35.0 Å². The normalized spacial score (nSPS) is 11.4. The van der Waals surface area contributed by atoms with Crippen LogP contribution in [0.5, 0.6) is 17.2 Å². The highest BCUT2D eigenvalue weighted by atomic mass is 35.5. The fraction of sp³-hybridized carbons (Fsp3) is 0.130. The largest absolute Gasteiger partial charge is 0.479 e. The number of ether oxygens (including phenoxy) is 3. The van der Waals surface area contributed by atoms with Crippen molar-refractivity contribution < 1.29 is 23.8 Å². The quantitative estimate of drug-likeness (QED) is 0.315. The molecule has 7 heteroatoms. The van der Waals surface area contributed by atoms with Crippen molar-refractivity contribution in [3.05, 3.63) is 88.4 Å². The molecule has 0 aliphatic carbocycles. The maximum Gasteiger partial charge on any atom is 0.347 e. The van der Waals surface area contributed by atoms with E-state index in [2.05, 4.69) is 0 Å². The first kappa shape index (κ1) is 21.7. The van der Waals surface area contributed by atoms with Crippen LogP contribution >= 0.6 is 23.2 Å². The van der Waals surface area contributed by atoms with Gasteiger partial charge in [-0.05, 0) is 67.6 Å². The van der Waals surface area contributed by atoms with Gasteiger partial charge in [-0.2, -0.15) is 0 Å². The van der Waals surface area contributed by atoms with Crippen molar-refractivity contribution in [1.29, 1.82) is 0 Å². The van der Waals surface area contributed by atoms with Crippen molar-refractivity contribution in [3.8, 4) is 17.2 Å². The van der Waals surface area contributed by atoms with Gasteiger partial charge in [0.2, 0.25) is 5.78 Å². The molecule has 0 radical (unpaired) electrons. The van der Waals surface area contributed by atoms with Crippen LogP contribution in [0.25, 0.3) is 0 Å². The summed E-state index contributed by atoms with van der Waals surface area (Å²) in [6.45, 7) is 1.13. The van der Waals surface area contributed by atoms with E-state index in [1.165, 1.54) is 0 Å². The van der Waals surface area contributed by atoms with Crippen molar-refractivity contribution in [3.63, 3.8) is 0 Å². The molecular weight excluding hydrogens is 427 g/mol. The van der Waals surface area contributed by atoms with Gasteiger partial charge in [0.1, 0.15) is 17.2 Å². The number of rotatable bonds is 8. The van der Waals surface area contributed by atoms with Crippen LogP contribution in [-0.4, -0.2) is 24.5 Å². The number of hydrogen-bond donors (Lipinski definition) is 0. The Labute approximate surface area is 184 Å². The fourth-order valence-corrected chi connectivity index (χ4v) is 2.86. The topological polar surface area (TPSA) is 61.8 Å². The lowest BCUT2D eigenvalue weighted by Crippen LogP contribution is -2.28. The van der Waals surface area contributed by atoms with E-state index in [0.717, 1.165) is 0 Å². The maximum absolute atomic E-state index is 12.1. The van der Waals surface area contributed by atoms with Crippen LogP contribution in [0.4, 0.5) is 0 Å². The first-order valence-corrected chi connectivity index (χ1v) is 9.82. The smallest absolute Gasteiger partial charge is 0.347 e. The van der Waals surface area contributed by atoms with E-state index in [4.69, 9.17) is 37.4 Å². The highest BCUT2D eigenvalue weighted by molar-refractivity contribution is 6.34. The van der Waals surface area contributed by atoms with Gasteiger partial charge in [-0.1, -0.05) is 35.3 Å². The molecule has 3 aromatic carbocycles. The summed E-state index contributed by atoms with van der Waals surface area (Å²) in [7, 11) is 0. The predicted octanol–water partition coefficient (Wildman–Crippen LogP) is 5.98. The number of ketones is 1. The van der Waals surface area contributed by atoms with E-state index in [1.807, 2.05) is 0 Å². The van der Waals surface area contributed by atoms with Crippen LogP contribution in [0, 0.1) is 0 Å². The molecule has 0 bridgehead atoms. The third-order valence-corrected chi connectivity index (χ3v) is 4.62. The Kier molecular flexibility index (Phi) is 7.33. The van der Waals surface area contributed by atoms with Gasteiger partial charge in [0.15, 0.2) is 12.7 Å². The third-order valence-electron chi connectivity index (χ3n) is 4.04. The van der Waals surface area contributed by atoms with E-state index in [1.54, 1.807) is 79.7 Å². The number of carbonyl (C=O) groups is 2. The van der Waals surface area contributed by atoms with Crippen molar-refractivity contribution in [2.75, 3.05) is 6.61 Å². The minimum absolute atomic E-state index is 0.303. The van der Waals surface area contributed by atoms with E-state index in [0.29, 0.717) is 32.9 Å². The lowest BCUT2D eigenvalue weighted by molar-refractivity contribution is -0.149. The second-order valence-corrected chi connectivity index (χ2v) is 7.14. The molecule has 0 spiro atoms. The standard InChI is InChI=1S/C23H18Cl2O5/c1-15(23(27)28-14-22(26)20-4-2-3-5-21(20)25)29-17-10-12-19(13-11-17)30-18-8-6-16(24)7-9-18/h2-13,15H,14H2,1H3/t15-/m1/s1. The Morgan fingerprint density at radius 1 is 0.833 bits per heavy atom. The second kappa shape index (κ2) is 10.1. The molecule has 3 aromatic rings. The summed E-state index contributed by atoms with van der Waals surface area (Å²) in [4.78, 5) is 24.3. The van der Waals surface area contributed by atoms with Gasteiger partial charge in [-0.15, -0.1) is 0 Å². The van der Waals surface area contributed by atoms with Gasteiger partial charge < -0.3 is 14.2 Å². The molecule has 0 N–H and O–H groups in total. The monoisotopic (exact) mass is 444 g/mol. The lowest BCUT2D eigenvalue weighted by Gasteiger charge is -2.14. The van der Waals surface area contributed by atoms with E-state index in [9.17, 15) is 9.59 Å². The summed E-state index contributed by atoms with van der Waals surface area (Å²) in [6.07, 6.45) is -0.896. The van der Waals surface area contributed by atoms with Crippen LogP contribution in [0.15, 0.2) is 72.8 Å². The number of benzene rings is 3. The number of halogens is 2. The second-order valence-electron chi connectivity index (χ2n) is 6.30. The van der Waals surface area contributed by atoms with Crippen molar-refractivity contribution in [2.24, 2.45) is 0 Å². The molecule has 30 heavy (non-hydrogen) atoms. The average molecular weight is 445 g/mol. The van der Waals surface area contributed by atoms with Crippen LogP contribution in [0.3, 0.4) is 0 Å². The van der Waals surface area contributed by atoms with E-state index >= 15 is 0 Å². The SMILES string of the molecule is C[C@@H](Oc1ccc(Oc2ccc(Cl)cc2)cc1)C(=O)OCC(=O)c1ccccc1Cl. The van der Waals surface area contributed by atoms with Gasteiger partial charge in [0.05, 0.1) is 5.02 Å². The first-order chi connectivity index (χ1) is 14.4. The summed E-state index contributed by atoms with van der Waals surface area (Å²) in [5.74, 6) is 0.667. The summed E-state index contributed by atoms with van der Waals surface area (Å²) in [5, 5.41) is 0.935. The third kappa shape index (κ3) is 5.99. The summed E-state index contributed by atoms with van der Waals surface area (Å²) in [5.41, 5.74) is 0.303. The molecule has 0 aliphatic rings. The molecule has 0 aromatic heterocycles. The molecule has 0 saturated heterocycles.